The zero-order valence-electron chi connectivity index (χ0n) is 19.2. The summed E-state index contributed by atoms with van der Waals surface area (Å²) in [5.74, 6) is -1.27. The minimum atomic E-state index is -1.17. The maximum Gasteiger partial charge on any atom is 0.273 e. The third-order valence-corrected chi connectivity index (χ3v) is 6.84. The Morgan fingerprint density at radius 2 is 1.91 bits per heavy atom. The molecule has 0 bridgehead atoms. The van der Waals surface area contributed by atoms with Gasteiger partial charge in [0, 0.05) is 6.04 Å². The second-order valence-corrected chi connectivity index (χ2v) is 9.02. The van der Waals surface area contributed by atoms with Gasteiger partial charge < -0.3 is 25.9 Å². The Labute approximate surface area is 206 Å². The van der Waals surface area contributed by atoms with Crippen molar-refractivity contribution in [2.75, 3.05) is 17.7 Å². The van der Waals surface area contributed by atoms with Crippen LogP contribution in [0.25, 0.3) is 0 Å². The van der Waals surface area contributed by atoms with Gasteiger partial charge in [-0.15, -0.1) is 0 Å². The van der Waals surface area contributed by atoms with E-state index >= 15 is 0 Å². The highest BCUT2D eigenvalue weighted by Crippen LogP contribution is 2.38. The Morgan fingerprint density at radius 1 is 1.17 bits per heavy atom. The number of para-hydroxylation sites is 2. The van der Waals surface area contributed by atoms with Crippen LogP contribution in [-0.4, -0.2) is 35.2 Å². The van der Waals surface area contributed by atoms with Crippen molar-refractivity contribution >= 4 is 40.6 Å². The summed E-state index contributed by atoms with van der Waals surface area (Å²) in [6.07, 6.45) is 6.35. The monoisotopic (exact) mass is 497 g/mol. The lowest BCUT2D eigenvalue weighted by molar-refractivity contribution is -0.123. The van der Waals surface area contributed by atoms with Crippen LogP contribution in [0.4, 0.5) is 11.4 Å². The van der Waals surface area contributed by atoms with E-state index in [-0.39, 0.29) is 28.1 Å². The van der Waals surface area contributed by atoms with Crippen molar-refractivity contribution in [3.05, 3.63) is 59.0 Å². The number of primary amides is 1. The molecule has 0 aliphatic heterocycles. The Morgan fingerprint density at radius 3 is 2.54 bits per heavy atom. The van der Waals surface area contributed by atoms with Crippen molar-refractivity contribution in [2.45, 2.75) is 44.2 Å². The highest BCUT2D eigenvalue weighted by atomic mass is 32.1. The van der Waals surface area contributed by atoms with Gasteiger partial charge >= 0.3 is 0 Å². The van der Waals surface area contributed by atoms with Crippen LogP contribution in [0.3, 0.4) is 0 Å². The first-order valence-corrected chi connectivity index (χ1v) is 12.0. The van der Waals surface area contributed by atoms with Gasteiger partial charge in [0.2, 0.25) is 0 Å². The summed E-state index contributed by atoms with van der Waals surface area (Å²) in [5.41, 5.74) is 11.4. The maximum atomic E-state index is 14.0. The van der Waals surface area contributed by atoms with Crippen molar-refractivity contribution in [1.82, 2.24) is 9.69 Å². The molecule has 11 heteroatoms. The van der Waals surface area contributed by atoms with Crippen LogP contribution in [0.2, 0.25) is 0 Å². The fourth-order valence-electron chi connectivity index (χ4n) is 4.28. The molecule has 0 spiro atoms. The molecule has 1 saturated carbocycles. The molecular formula is C24H27N5O5S. The third-order valence-electron chi connectivity index (χ3n) is 5.99. The lowest BCUT2D eigenvalue weighted by Crippen LogP contribution is -2.47. The summed E-state index contributed by atoms with van der Waals surface area (Å²) in [6.45, 7) is 0. The second-order valence-electron chi connectivity index (χ2n) is 8.25. The number of ether oxygens (including phenoxy) is 1. The molecule has 0 saturated heterocycles. The quantitative estimate of drug-likeness (QED) is 0.431. The molecule has 0 unspecified atom stereocenters. The van der Waals surface area contributed by atoms with Gasteiger partial charge in [0.05, 0.1) is 24.7 Å². The van der Waals surface area contributed by atoms with Crippen molar-refractivity contribution in [1.29, 1.82) is 0 Å². The topological polar surface area (TPSA) is 154 Å². The van der Waals surface area contributed by atoms with E-state index in [2.05, 4.69) is 9.69 Å². The van der Waals surface area contributed by atoms with Crippen LogP contribution in [0.5, 0.6) is 5.75 Å². The molecule has 2 aromatic heterocycles. The first-order chi connectivity index (χ1) is 16.9. The lowest BCUT2D eigenvalue weighted by atomic mass is 9.95. The predicted molar refractivity (Wildman–Crippen MR) is 131 cm³/mol. The summed E-state index contributed by atoms with van der Waals surface area (Å²) in [5, 5.41) is 3.09. The fourth-order valence-corrected chi connectivity index (χ4v) is 5.02. The number of nitrogen functional groups attached to an aromatic ring is 1. The highest BCUT2D eigenvalue weighted by Gasteiger charge is 2.39. The van der Waals surface area contributed by atoms with Crippen LogP contribution in [0.15, 0.2) is 47.1 Å². The fraction of sp³-hybridized carbons (Fsp3) is 0.333. The van der Waals surface area contributed by atoms with E-state index in [0.717, 1.165) is 43.6 Å². The molecule has 1 atom stereocenters. The smallest absolute Gasteiger partial charge is 0.273 e. The SMILES string of the molecule is COc1ccccc1N(C(=O)c1snc(C(N)=O)c1N)[C@H](C(=O)NC1CCCCC1)c1ccco1. The molecule has 10 nitrogen and oxygen atoms in total. The molecule has 3 aromatic rings. The van der Waals surface area contributed by atoms with E-state index in [0.29, 0.717) is 11.4 Å². The number of hydrogen-bond acceptors (Lipinski definition) is 8. The molecule has 35 heavy (non-hydrogen) atoms. The van der Waals surface area contributed by atoms with Gasteiger partial charge in [-0.05, 0) is 48.6 Å². The van der Waals surface area contributed by atoms with Crippen molar-refractivity contribution in [2.24, 2.45) is 5.73 Å². The first kappa shape index (κ1) is 24.3. The number of nitrogens with two attached hydrogens (primary N) is 2. The number of furan rings is 1. The van der Waals surface area contributed by atoms with E-state index in [1.807, 2.05) is 0 Å². The van der Waals surface area contributed by atoms with E-state index in [1.165, 1.54) is 18.3 Å². The number of rotatable bonds is 8. The Kier molecular flexibility index (Phi) is 7.35. The standard InChI is InChI=1S/C24H27N5O5S/c1-33-16-11-6-5-10-15(16)29(24(32)21-18(25)19(22(26)30)28-35-21)20(17-12-7-13-34-17)23(31)27-14-8-3-2-4-9-14/h5-7,10-14,20H,2-4,8-9,25H2,1H3,(H2,26,30)(H,27,31)/t20-/m0/s1. The highest BCUT2D eigenvalue weighted by molar-refractivity contribution is 7.09. The number of carbonyl (C=O) groups excluding carboxylic acids is 3. The number of benzene rings is 1. The van der Waals surface area contributed by atoms with E-state index in [9.17, 15) is 14.4 Å². The van der Waals surface area contributed by atoms with Gasteiger partial charge in [-0.25, -0.2) is 0 Å². The number of aromatic nitrogens is 1. The van der Waals surface area contributed by atoms with Crippen molar-refractivity contribution in [3.63, 3.8) is 0 Å². The number of nitrogens with one attached hydrogen (secondary N) is 1. The zero-order chi connectivity index (χ0) is 24.9. The summed E-state index contributed by atoms with van der Waals surface area (Å²) in [7, 11) is 1.47. The van der Waals surface area contributed by atoms with Gasteiger partial charge in [0.15, 0.2) is 11.7 Å². The number of anilines is 2. The molecule has 1 aliphatic rings. The Hall–Kier alpha value is -3.86. The Balaban J connectivity index is 1.83. The third kappa shape index (κ3) is 4.99. The predicted octanol–water partition coefficient (Wildman–Crippen LogP) is 3.26. The maximum absolute atomic E-state index is 14.0. The minimum Gasteiger partial charge on any atom is -0.495 e. The van der Waals surface area contributed by atoms with Crippen LogP contribution >= 0.6 is 11.5 Å². The van der Waals surface area contributed by atoms with Crippen LogP contribution in [-0.2, 0) is 4.79 Å². The molecule has 4 rings (SSSR count). The second kappa shape index (κ2) is 10.6. The molecule has 1 aliphatic carbocycles. The van der Waals surface area contributed by atoms with Gasteiger partial charge in [0.25, 0.3) is 17.7 Å². The molecule has 184 valence electrons. The number of methoxy groups -OCH3 is 1. The molecular weight excluding hydrogens is 470 g/mol. The van der Waals surface area contributed by atoms with Gasteiger partial charge in [-0.3, -0.25) is 19.3 Å². The van der Waals surface area contributed by atoms with Crippen LogP contribution < -0.4 is 26.4 Å². The van der Waals surface area contributed by atoms with Crippen molar-refractivity contribution in [3.8, 4) is 5.75 Å². The largest absolute Gasteiger partial charge is 0.495 e. The number of amides is 3. The van der Waals surface area contributed by atoms with Gasteiger partial charge in [-0.2, -0.15) is 4.37 Å². The molecule has 1 fully saturated rings. The molecule has 1 aromatic carbocycles. The van der Waals surface area contributed by atoms with E-state index < -0.39 is 23.8 Å². The minimum absolute atomic E-state index is 0.00160. The average Bonchev–Trinajstić information content (AvgIpc) is 3.52. The molecule has 5 N–H and O–H groups in total. The average molecular weight is 498 g/mol. The summed E-state index contributed by atoms with van der Waals surface area (Å²) in [4.78, 5) is 40.7. The van der Waals surface area contributed by atoms with Crippen molar-refractivity contribution < 1.29 is 23.5 Å². The van der Waals surface area contributed by atoms with E-state index in [1.54, 1.807) is 36.4 Å². The zero-order valence-corrected chi connectivity index (χ0v) is 20.0. The van der Waals surface area contributed by atoms with E-state index in [4.69, 9.17) is 20.6 Å². The summed E-state index contributed by atoms with van der Waals surface area (Å²) < 4.78 is 15.1. The van der Waals surface area contributed by atoms with Gasteiger partial charge in [0.1, 0.15) is 16.4 Å². The van der Waals surface area contributed by atoms with Crippen LogP contribution in [0.1, 0.15) is 64.1 Å². The Bertz CT molecular complexity index is 1200. The van der Waals surface area contributed by atoms with Gasteiger partial charge in [-0.1, -0.05) is 31.4 Å². The summed E-state index contributed by atoms with van der Waals surface area (Å²) >= 11 is 0.741. The number of carbonyl (C=O) groups is 3. The normalized spacial score (nSPS) is 14.8. The number of nitrogens with zero attached hydrogens (tertiary/aromatic N) is 2. The molecule has 2 heterocycles. The molecule has 0 radical (unpaired) electrons. The van der Waals surface area contributed by atoms with Crippen LogP contribution in [0, 0.1) is 0 Å². The first-order valence-electron chi connectivity index (χ1n) is 11.3. The summed E-state index contributed by atoms with van der Waals surface area (Å²) in [6, 6.07) is 8.92. The number of hydrogen-bond donors (Lipinski definition) is 3. The molecule has 3 amide bonds. The lowest BCUT2D eigenvalue weighted by Gasteiger charge is -2.32.